The number of anilines is 3. The van der Waals surface area contributed by atoms with Crippen LogP contribution in [0.4, 0.5) is 21.8 Å². The molecule has 4 rings (SSSR count). The van der Waals surface area contributed by atoms with Crippen LogP contribution in [-0.2, 0) is 0 Å². The third-order valence-electron chi connectivity index (χ3n) is 6.20. The third-order valence-corrected chi connectivity index (χ3v) is 6.20. The van der Waals surface area contributed by atoms with E-state index in [-0.39, 0.29) is 17.3 Å². The van der Waals surface area contributed by atoms with Gasteiger partial charge in [0.05, 0.1) is 5.52 Å². The fourth-order valence-electron chi connectivity index (χ4n) is 3.72. The zero-order valence-corrected chi connectivity index (χ0v) is 19.5. The van der Waals surface area contributed by atoms with Gasteiger partial charge < -0.3 is 16.0 Å². The second-order valence-electron chi connectivity index (χ2n) is 9.60. The molecule has 0 saturated carbocycles. The Morgan fingerprint density at radius 3 is 2.62 bits per heavy atom. The SMILES string of the molecule is Cc1cc(Nc2nc(N[C@H](C)C(C)(C)C)c3cccc(C4=CCNCC4)c3n2)ccc1F. The van der Waals surface area contributed by atoms with Gasteiger partial charge in [0.2, 0.25) is 5.95 Å². The predicted molar refractivity (Wildman–Crippen MR) is 132 cm³/mol. The molecule has 1 aliphatic rings. The number of hydrogen-bond acceptors (Lipinski definition) is 5. The molecule has 2 heterocycles. The van der Waals surface area contributed by atoms with Gasteiger partial charge in [0.25, 0.3) is 0 Å². The summed E-state index contributed by atoms with van der Waals surface area (Å²) in [5.41, 5.74) is 4.75. The molecule has 0 amide bonds. The molecule has 0 bridgehead atoms. The molecule has 0 aliphatic carbocycles. The van der Waals surface area contributed by atoms with Crippen molar-refractivity contribution >= 4 is 33.9 Å². The number of hydrogen-bond donors (Lipinski definition) is 3. The average Bonchev–Trinajstić information content (AvgIpc) is 2.76. The number of benzene rings is 2. The van der Waals surface area contributed by atoms with Gasteiger partial charge in [-0.05, 0) is 67.6 Å². The molecular formula is C26H32FN5. The number of fused-ring (bicyclic) bond motifs is 1. The summed E-state index contributed by atoms with van der Waals surface area (Å²) in [5, 5.41) is 11.3. The van der Waals surface area contributed by atoms with Crippen molar-refractivity contribution in [2.24, 2.45) is 5.41 Å². The molecule has 32 heavy (non-hydrogen) atoms. The molecule has 0 saturated heterocycles. The number of aryl methyl sites for hydroxylation is 1. The summed E-state index contributed by atoms with van der Waals surface area (Å²) in [6, 6.07) is 11.4. The fourth-order valence-corrected chi connectivity index (χ4v) is 3.72. The van der Waals surface area contributed by atoms with E-state index in [9.17, 15) is 4.39 Å². The lowest BCUT2D eigenvalue weighted by atomic mass is 9.88. The van der Waals surface area contributed by atoms with Gasteiger partial charge in [0.15, 0.2) is 0 Å². The molecule has 1 aliphatic heterocycles. The standard InChI is InChI=1S/C26H32FN5/c1-16-15-19(9-10-22(16)27)30-25-31-23-20(18-11-13-28-14-12-18)7-6-8-21(23)24(32-25)29-17(2)26(3,4)5/h6-11,15,17,28H,12-14H2,1-5H3,(H2,29,30,31,32)/t17-/m1/s1. The van der Waals surface area contributed by atoms with Gasteiger partial charge in [-0.25, -0.2) is 9.37 Å². The maximum atomic E-state index is 13.7. The van der Waals surface area contributed by atoms with Gasteiger partial charge >= 0.3 is 0 Å². The van der Waals surface area contributed by atoms with E-state index in [2.05, 4.69) is 67.9 Å². The molecule has 0 unspecified atom stereocenters. The first-order valence-corrected chi connectivity index (χ1v) is 11.2. The van der Waals surface area contributed by atoms with E-state index in [0.29, 0.717) is 11.5 Å². The lowest BCUT2D eigenvalue weighted by Gasteiger charge is -2.29. The van der Waals surface area contributed by atoms with Gasteiger partial charge in [-0.15, -0.1) is 0 Å². The van der Waals surface area contributed by atoms with Crippen molar-refractivity contribution in [1.29, 1.82) is 0 Å². The Hall–Kier alpha value is -2.99. The fraction of sp³-hybridized carbons (Fsp3) is 0.385. The Balaban J connectivity index is 1.83. The van der Waals surface area contributed by atoms with Crippen LogP contribution in [0.1, 0.15) is 45.2 Å². The number of nitrogens with one attached hydrogen (secondary N) is 3. The zero-order chi connectivity index (χ0) is 22.9. The highest BCUT2D eigenvalue weighted by Gasteiger charge is 2.22. The van der Waals surface area contributed by atoms with Crippen molar-refractivity contribution in [3.8, 4) is 0 Å². The highest BCUT2D eigenvalue weighted by atomic mass is 19.1. The van der Waals surface area contributed by atoms with Gasteiger partial charge in [0, 0.05) is 29.2 Å². The van der Waals surface area contributed by atoms with E-state index in [0.717, 1.165) is 47.5 Å². The second-order valence-corrected chi connectivity index (χ2v) is 9.60. The van der Waals surface area contributed by atoms with Crippen LogP contribution in [-0.4, -0.2) is 29.1 Å². The summed E-state index contributed by atoms with van der Waals surface area (Å²) in [5.74, 6) is 1.07. The van der Waals surface area contributed by atoms with Crippen LogP contribution in [0.15, 0.2) is 42.5 Å². The van der Waals surface area contributed by atoms with Crippen LogP contribution in [0.5, 0.6) is 0 Å². The minimum absolute atomic E-state index is 0.0636. The normalized spacial score (nSPS) is 15.4. The molecule has 0 spiro atoms. The minimum Gasteiger partial charge on any atom is -0.366 e. The molecule has 168 valence electrons. The molecular weight excluding hydrogens is 401 g/mol. The highest BCUT2D eigenvalue weighted by Crippen LogP contribution is 2.33. The monoisotopic (exact) mass is 433 g/mol. The average molecular weight is 434 g/mol. The highest BCUT2D eigenvalue weighted by molar-refractivity contribution is 5.98. The maximum absolute atomic E-state index is 13.7. The van der Waals surface area contributed by atoms with Crippen molar-refractivity contribution < 1.29 is 4.39 Å². The molecule has 0 radical (unpaired) electrons. The van der Waals surface area contributed by atoms with E-state index >= 15 is 0 Å². The summed E-state index contributed by atoms with van der Waals surface area (Å²) in [4.78, 5) is 9.74. The van der Waals surface area contributed by atoms with Crippen molar-refractivity contribution in [1.82, 2.24) is 15.3 Å². The number of rotatable bonds is 5. The first kappa shape index (κ1) is 22.2. The van der Waals surface area contributed by atoms with Crippen LogP contribution < -0.4 is 16.0 Å². The number of nitrogens with zero attached hydrogens (tertiary/aromatic N) is 2. The molecule has 3 aromatic rings. The van der Waals surface area contributed by atoms with Crippen LogP contribution in [0.25, 0.3) is 16.5 Å². The van der Waals surface area contributed by atoms with Crippen molar-refractivity contribution in [2.45, 2.75) is 47.1 Å². The third kappa shape index (κ3) is 4.75. The van der Waals surface area contributed by atoms with E-state index < -0.39 is 0 Å². The molecule has 6 heteroatoms. The first-order chi connectivity index (χ1) is 15.2. The molecule has 1 aromatic heterocycles. The van der Waals surface area contributed by atoms with Crippen molar-refractivity contribution in [3.63, 3.8) is 0 Å². The summed E-state index contributed by atoms with van der Waals surface area (Å²) >= 11 is 0. The molecule has 2 aromatic carbocycles. The summed E-state index contributed by atoms with van der Waals surface area (Å²) in [7, 11) is 0. The van der Waals surface area contributed by atoms with Gasteiger partial charge in [0.1, 0.15) is 11.6 Å². The Morgan fingerprint density at radius 2 is 1.94 bits per heavy atom. The lowest BCUT2D eigenvalue weighted by Crippen LogP contribution is -2.31. The van der Waals surface area contributed by atoms with E-state index in [1.807, 2.05) is 0 Å². The van der Waals surface area contributed by atoms with Crippen LogP contribution >= 0.6 is 0 Å². The quantitative estimate of drug-likeness (QED) is 0.458. The maximum Gasteiger partial charge on any atom is 0.229 e. The van der Waals surface area contributed by atoms with Crippen LogP contribution in [0, 0.1) is 18.2 Å². The van der Waals surface area contributed by atoms with Crippen LogP contribution in [0.3, 0.4) is 0 Å². The summed E-state index contributed by atoms with van der Waals surface area (Å²) < 4.78 is 13.7. The second kappa shape index (κ2) is 8.87. The van der Waals surface area contributed by atoms with Crippen molar-refractivity contribution in [3.05, 3.63) is 59.4 Å². The Labute approximate surface area is 189 Å². The minimum atomic E-state index is -0.225. The summed E-state index contributed by atoms with van der Waals surface area (Å²) in [6.07, 6.45) is 3.20. The van der Waals surface area contributed by atoms with Crippen molar-refractivity contribution in [2.75, 3.05) is 23.7 Å². The lowest BCUT2D eigenvalue weighted by molar-refractivity contribution is 0.359. The number of aromatic nitrogens is 2. The summed E-state index contributed by atoms with van der Waals surface area (Å²) in [6.45, 7) is 12.4. The largest absolute Gasteiger partial charge is 0.366 e. The van der Waals surface area contributed by atoms with Gasteiger partial charge in [-0.3, -0.25) is 0 Å². The smallest absolute Gasteiger partial charge is 0.229 e. The Morgan fingerprint density at radius 1 is 1.12 bits per heavy atom. The van der Waals surface area contributed by atoms with Crippen LogP contribution in [0.2, 0.25) is 0 Å². The Kier molecular flexibility index (Phi) is 6.15. The first-order valence-electron chi connectivity index (χ1n) is 11.2. The molecule has 0 fully saturated rings. The van der Waals surface area contributed by atoms with E-state index in [1.165, 1.54) is 11.6 Å². The molecule has 3 N–H and O–H groups in total. The predicted octanol–water partition coefficient (Wildman–Crippen LogP) is 6.04. The zero-order valence-electron chi connectivity index (χ0n) is 19.5. The Bertz CT molecular complexity index is 1160. The molecule has 5 nitrogen and oxygen atoms in total. The topological polar surface area (TPSA) is 61.9 Å². The van der Waals surface area contributed by atoms with E-state index in [1.54, 1.807) is 19.1 Å². The molecule has 1 atom stereocenters. The van der Waals surface area contributed by atoms with E-state index in [4.69, 9.17) is 9.97 Å². The number of halogens is 1. The van der Waals surface area contributed by atoms with Gasteiger partial charge in [-0.2, -0.15) is 4.98 Å². The number of para-hydroxylation sites is 1. The van der Waals surface area contributed by atoms with Gasteiger partial charge in [-0.1, -0.05) is 39.0 Å².